The molecule has 5 nitrogen and oxygen atoms in total. The zero-order valence-corrected chi connectivity index (χ0v) is 11.7. The first kappa shape index (κ1) is 15.0. The molecule has 0 heterocycles. The van der Waals surface area contributed by atoms with Gasteiger partial charge in [0.25, 0.3) is 0 Å². The average Bonchev–Trinajstić information content (AvgIpc) is 2.27. The van der Waals surface area contributed by atoms with Crippen LogP contribution in [0.1, 0.15) is 27.2 Å². The van der Waals surface area contributed by atoms with Gasteiger partial charge in [-0.3, -0.25) is 9.79 Å². The Morgan fingerprint density at radius 1 is 1.26 bits per heavy atom. The molecule has 0 atom stereocenters. The minimum absolute atomic E-state index is 0.0243. The lowest BCUT2D eigenvalue weighted by Gasteiger charge is -2.20. The third-order valence-electron chi connectivity index (χ3n) is 2.18. The molecule has 0 aliphatic carbocycles. The summed E-state index contributed by atoms with van der Waals surface area (Å²) in [6.07, 6.45) is 0.328. The predicted molar refractivity (Wildman–Crippen MR) is 79.1 cm³/mol. The summed E-state index contributed by atoms with van der Waals surface area (Å²) in [6, 6.07) is 9.54. The zero-order chi connectivity index (χ0) is 14.3. The molecule has 0 bridgehead atoms. The van der Waals surface area contributed by atoms with Crippen molar-refractivity contribution in [2.24, 2.45) is 10.7 Å². The fourth-order valence-electron chi connectivity index (χ4n) is 1.47. The van der Waals surface area contributed by atoms with Gasteiger partial charge in [-0.15, -0.1) is 0 Å². The van der Waals surface area contributed by atoms with E-state index >= 15 is 0 Å². The minimum Gasteiger partial charge on any atom is -0.370 e. The molecule has 4 N–H and O–H groups in total. The highest BCUT2D eigenvalue weighted by molar-refractivity contribution is 5.92. The highest BCUT2D eigenvalue weighted by Crippen LogP contribution is 2.04. The van der Waals surface area contributed by atoms with Crippen molar-refractivity contribution in [1.29, 1.82) is 0 Å². The van der Waals surface area contributed by atoms with Crippen LogP contribution in [0.4, 0.5) is 5.69 Å². The zero-order valence-electron chi connectivity index (χ0n) is 11.7. The van der Waals surface area contributed by atoms with Crippen molar-refractivity contribution in [2.75, 3.05) is 11.9 Å². The number of hydrogen-bond acceptors (Lipinski definition) is 2. The summed E-state index contributed by atoms with van der Waals surface area (Å²) in [7, 11) is 0. The number of para-hydroxylation sites is 1. The van der Waals surface area contributed by atoms with Crippen LogP contribution in [0, 0.1) is 0 Å². The number of rotatable bonds is 4. The van der Waals surface area contributed by atoms with E-state index in [4.69, 9.17) is 5.73 Å². The van der Waals surface area contributed by atoms with E-state index in [1.807, 2.05) is 51.1 Å². The molecule has 1 rings (SSSR count). The number of carbonyl (C=O) groups is 1. The molecular weight excluding hydrogens is 240 g/mol. The average molecular weight is 262 g/mol. The lowest BCUT2D eigenvalue weighted by molar-refractivity contribution is -0.122. The van der Waals surface area contributed by atoms with E-state index in [0.717, 1.165) is 5.69 Å². The number of guanidine groups is 1. The van der Waals surface area contributed by atoms with Crippen molar-refractivity contribution in [1.82, 2.24) is 5.32 Å². The number of nitrogens with one attached hydrogen (secondary N) is 2. The lowest BCUT2D eigenvalue weighted by Crippen LogP contribution is -2.40. The first-order chi connectivity index (χ1) is 8.87. The number of carbonyl (C=O) groups excluding carboxylic acids is 1. The van der Waals surface area contributed by atoms with E-state index in [1.54, 1.807) is 0 Å². The fourth-order valence-corrected chi connectivity index (χ4v) is 1.47. The highest BCUT2D eigenvalue weighted by atomic mass is 16.1. The largest absolute Gasteiger partial charge is 0.370 e. The second-order valence-corrected chi connectivity index (χ2v) is 5.31. The molecule has 1 amide bonds. The van der Waals surface area contributed by atoms with Crippen LogP contribution >= 0.6 is 0 Å². The van der Waals surface area contributed by atoms with Crippen LogP contribution in [0.15, 0.2) is 35.3 Å². The number of aliphatic imine (C=N–C) groups is 1. The number of hydrogen-bond donors (Lipinski definition) is 3. The van der Waals surface area contributed by atoms with Crippen LogP contribution in [-0.4, -0.2) is 24.0 Å². The Hall–Kier alpha value is -2.04. The third kappa shape index (κ3) is 7.08. The molecule has 5 heteroatoms. The summed E-state index contributed by atoms with van der Waals surface area (Å²) in [4.78, 5) is 15.7. The molecular formula is C14H22N4O. The maximum absolute atomic E-state index is 11.6. The Kier molecular flexibility index (Phi) is 5.36. The van der Waals surface area contributed by atoms with Gasteiger partial charge in [0.15, 0.2) is 5.96 Å². The molecule has 0 aromatic heterocycles. The van der Waals surface area contributed by atoms with Gasteiger partial charge in [-0.25, -0.2) is 0 Å². The molecule has 0 saturated carbocycles. The van der Waals surface area contributed by atoms with Gasteiger partial charge in [0.2, 0.25) is 5.91 Å². The van der Waals surface area contributed by atoms with Crippen LogP contribution in [-0.2, 0) is 4.79 Å². The SMILES string of the molecule is CC(C)(C)NC(=O)CCN=C(N)Nc1ccccc1. The third-order valence-corrected chi connectivity index (χ3v) is 2.18. The Balaban J connectivity index is 2.34. The molecule has 0 unspecified atom stereocenters. The van der Waals surface area contributed by atoms with Crippen LogP contribution in [0.2, 0.25) is 0 Å². The molecule has 0 aliphatic rings. The van der Waals surface area contributed by atoms with Crippen LogP contribution < -0.4 is 16.4 Å². The summed E-state index contributed by atoms with van der Waals surface area (Å²) < 4.78 is 0. The summed E-state index contributed by atoms with van der Waals surface area (Å²) in [6.45, 7) is 6.20. The van der Waals surface area contributed by atoms with Gasteiger partial charge in [-0.2, -0.15) is 0 Å². The molecule has 104 valence electrons. The fraction of sp³-hybridized carbons (Fsp3) is 0.429. The molecule has 0 aliphatic heterocycles. The second-order valence-electron chi connectivity index (χ2n) is 5.31. The molecule has 0 fully saturated rings. The highest BCUT2D eigenvalue weighted by Gasteiger charge is 2.12. The van der Waals surface area contributed by atoms with E-state index in [-0.39, 0.29) is 11.4 Å². The van der Waals surface area contributed by atoms with Gasteiger partial charge in [-0.1, -0.05) is 18.2 Å². The molecule has 0 radical (unpaired) electrons. The van der Waals surface area contributed by atoms with Gasteiger partial charge in [0.05, 0.1) is 6.54 Å². The number of nitrogens with zero attached hydrogens (tertiary/aromatic N) is 1. The van der Waals surface area contributed by atoms with E-state index in [1.165, 1.54) is 0 Å². The summed E-state index contributed by atoms with van der Waals surface area (Å²) in [5.41, 5.74) is 6.39. The van der Waals surface area contributed by atoms with E-state index in [2.05, 4.69) is 15.6 Å². The first-order valence-electron chi connectivity index (χ1n) is 6.30. The smallest absolute Gasteiger partial charge is 0.222 e. The number of amides is 1. The van der Waals surface area contributed by atoms with E-state index in [0.29, 0.717) is 18.9 Å². The van der Waals surface area contributed by atoms with Crippen molar-refractivity contribution < 1.29 is 4.79 Å². The standard InChI is InChI=1S/C14H22N4O/c1-14(2,3)18-12(19)9-10-16-13(15)17-11-7-5-4-6-8-11/h4-8H,9-10H2,1-3H3,(H,18,19)(H3,15,16,17). The summed E-state index contributed by atoms with van der Waals surface area (Å²) in [5.74, 6) is 0.290. The molecule has 1 aromatic rings. The summed E-state index contributed by atoms with van der Waals surface area (Å²) >= 11 is 0. The Labute approximate surface area is 114 Å². The van der Waals surface area contributed by atoms with Crippen LogP contribution in [0.25, 0.3) is 0 Å². The van der Waals surface area contributed by atoms with Gasteiger partial charge in [0, 0.05) is 17.6 Å². The van der Waals surface area contributed by atoms with Crippen molar-refractivity contribution in [2.45, 2.75) is 32.7 Å². The number of nitrogens with two attached hydrogens (primary N) is 1. The van der Waals surface area contributed by atoms with Crippen LogP contribution in [0.5, 0.6) is 0 Å². The Bertz CT molecular complexity index is 435. The number of benzene rings is 1. The Morgan fingerprint density at radius 2 is 1.89 bits per heavy atom. The quantitative estimate of drug-likeness (QED) is 0.571. The van der Waals surface area contributed by atoms with Gasteiger partial charge in [-0.05, 0) is 32.9 Å². The van der Waals surface area contributed by atoms with Crippen molar-refractivity contribution in [3.8, 4) is 0 Å². The maximum atomic E-state index is 11.6. The van der Waals surface area contributed by atoms with E-state index < -0.39 is 0 Å². The summed E-state index contributed by atoms with van der Waals surface area (Å²) in [5, 5.41) is 5.83. The van der Waals surface area contributed by atoms with Gasteiger partial charge >= 0.3 is 0 Å². The molecule has 1 aromatic carbocycles. The minimum atomic E-state index is -0.214. The molecule has 0 spiro atoms. The van der Waals surface area contributed by atoms with Crippen LogP contribution in [0.3, 0.4) is 0 Å². The van der Waals surface area contributed by atoms with Crippen molar-refractivity contribution >= 4 is 17.6 Å². The lowest BCUT2D eigenvalue weighted by atomic mass is 10.1. The second kappa shape index (κ2) is 6.78. The monoisotopic (exact) mass is 262 g/mol. The molecule has 0 saturated heterocycles. The normalized spacial score (nSPS) is 12.1. The first-order valence-corrected chi connectivity index (χ1v) is 6.30. The van der Waals surface area contributed by atoms with E-state index in [9.17, 15) is 4.79 Å². The predicted octanol–water partition coefficient (Wildman–Crippen LogP) is 1.72. The van der Waals surface area contributed by atoms with Crippen molar-refractivity contribution in [3.63, 3.8) is 0 Å². The number of anilines is 1. The Morgan fingerprint density at radius 3 is 2.47 bits per heavy atom. The van der Waals surface area contributed by atoms with Gasteiger partial charge < -0.3 is 16.4 Å². The van der Waals surface area contributed by atoms with Crippen molar-refractivity contribution in [3.05, 3.63) is 30.3 Å². The maximum Gasteiger partial charge on any atom is 0.222 e. The van der Waals surface area contributed by atoms with Gasteiger partial charge in [0.1, 0.15) is 0 Å². The topological polar surface area (TPSA) is 79.5 Å². The molecule has 19 heavy (non-hydrogen) atoms.